The average molecular weight is 268 g/mol. The first-order valence-corrected chi connectivity index (χ1v) is 6.65. The van der Waals surface area contributed by atoms with Crippen molar-refractivity contribution in [3.05, 3.63) is 0 Å². The normalized spacial score (nSPS) is 30.0. The van der Waals surface area contributed by atoms with Crippen LogP contribution in [-0.4, -0.2) is 46.4 Å². The number of nitrogens with one attached hydrogen (secondary N) is 1. The molecule has 19 heavy (non-hydrogen) atoms. The molecule has 6 nitrogen and oxygen atoms in total. The Morgan fingerprint density at radius 3 is 2.63 bits per heavy atom. The number of hydrogen-bond donors (Lipinski definition) is 2. The molecular formula is C13H20N2O4. The smallest absolute Gasteiger partial charge is 0.326 e. The van der Waals surface area contributed by atoms with E-state index in [1.165, 1.54) is 4.90 Å². The van der Waals surface area contributed by atoms with Crippen molar-refractivity contribution in [2.75, 3.05) is 6.54 Å². The Balaban J connectivity index is 2.19. The average Bonchev–Trinajstić information content (AvgIpc) is 2.72. The third kappa shape index (κ3) is 2.57. The van der Waals surface area contributed by atoms with Crippen LogP contribution in [0.5, 0.6) is 0 Å². The zero-order chi connectivity index (χ0) is 14.2. The van der Waals surface area contributed by atoms with Crippen LogP contribution < -0.4 is 5.32 Å². The molecule has 0 aliphatic carbocycles. The van der Waals surface area contributed by atoms with E-state index >= 15 is 0 Å². The standard InChI is InChI=1S/C13H20N2O4/c1-13(2)6-3-7-15(10(13)12(18)19)11(17)8-4-5-9(16)14-8/h8,10H,3-7H2,1-2H3,(H,14,16)(H,18,19). The Labute approximate surface area is 112 Å². The SMILES string of the molecule is CC1(C)CCCN(C(=O)C2CCC(=O)N2)C1C(=O)O. The van der Waals surface area contributed by atoms with Crippen LogP contribution in [0.4, 0.5) is 0 Å². The molecule has 2 saturated heterocycles. The summed E-state index contributed by atoms with van der Waals surface area (Å²) in [7, 11) is 0. The van der Waals surface area contributed by atoms with Gasteiger partial charge in [0.25, 0.3) is 0 Å². The first kappa shape index (κ1) is 13.8. The van der Waals surface area contributed by atoms with Crippen LogP contribution in [0.1, 0.15) is 39.5 Å². The van der Waals surface area contributed by atoms with Gasteiger partial charge < -0.3 is 15.3 Å². The number of carboxylic acids is 1. The highest BCUT2D eigenvalue weighted by atomic mass is 16.4. The zero-order valence-electron chi connectivity index (χ0n) is 11.3. The van der Waals surface area contributed by atoms with Crippen LogP contribution in [0, 0.1) is 5.41 Å². The van der Waals surface area contributed by atoms with Gasteiger partial charge in [0, 0.05) is 13.0 Å². The predicted octanol–water partition coefficient (Wildman–Crippen LogP) is 0.367. The molecule has 0 radical (unpaired) electrons. The lowest BCUT2D eigenvalue weighted by Gasteiger charge is -2.44. The van der Waals surface area contributed by atoms with Crippen molar-refractivity contribution in [1.82, 2.24) is 10.2 Å². The highest BCUT2D eigenvalue weighted by Gasteiger charge is 2.46. The molecule has 2 heterocycles. The maximum Gasteiger partial charge on any atom is 0.326 e. The van der Waals surface area contributed by atoms with Gasteiger partial charge in [0.2, 0.25) is 11.8 Å². The molecule has 2 N–H and O–H groups in total. The van der Waals surface area contributed by atoms with E-state index in [1.807, 2.05) is 13.8 Å². The van der Waals surface area contributed by atoms with Crippen molar-refractivity contribution in [2.45, 2.75) is 51.6 Å². The molecule has 6 heteroatoms. The molecule has 0 aromatic heterocycles. The summed E-state index contributed by atoms with van der Waals surface area (Å²) < 4.78 is 0. The fourth-order valence-electron chi connectivity index (χ4n) is 3.10. The van der Waals surface area contributed by atoms with Crippen molar-refractivity contribution in [3.8, 4) is 0 Å². The van der Waals surface area contributed by atoms with Gasteiger partial charge in [0.15, 0.2) is 0 Å². The van der Waals surface area contributed by atoms with Gasteiger partial charge >= 0.3 is 5.97 Å². The first-order valence-electron chi connectivity index (χ1n) is 6.65. The maximum absolute atomic E-state index is 12.4. The van der Waals surface area contributed by atoms with Crippen LogP contribution >= 0.6 is 0 Å². The molecule has 0 bridgehead atoms. The van der Waals surface area contributed by atoms with Crippen molar-refractivity contribution in [1.29, 1.82) is 0 Å². The van der Waals surface area contributed by atoms with E-state index < -0.39 is 23.5 Å². The zero-order valence-corrected chi connectivity index (χ0v) is 11.3. The van der Waals surface area contributed by atoms with Crippen molar-refractivity contribution < 1.29 is 19.5 Å². The summed E-state index contributed by atoms with van der Waals surface area (Å²) in [5, 5.41) is 12.0. The molecule has 2 atom stereocenters. The quantitative estimate of drug-likeness (QED) is 0.757. The van der Waals surface area contributed by atoms with Crippen LogP contribution in [-0.2, 0) is 14.4 Å². The highest BCUT2D eigenvalue weighted by molar-refractivity contribution is 5.93. The molecule has 2 amide bonds. The summed E-state index contributed by atoms with van der Waals surface area (Å²) in [6.07, 6.45) is 2.38. The summed E-state index contributed by atoms with van der Waals surface area (Å²) in [4.78, 5) is 36.5. The Morgan fingerprint density at radius 2 is 2.11 bits per heavy atom. The van der Waals surface area contributed by atoms with Crippen LogP contribution in [0.15, 0.2) is 0 Å². The van der Waals surface area contributed by atoms with Crippen molar-refractivity contribution in [3.63, 3.8) is 0 Å². The summed E-state index contributed by atoms with van der Waals surface area (Å²) in [5.74, 6) is -1.37. The maximum atomic E-state index is 12.4. The predicted molar refractivity (Wildman–Crippen MR) is 67.3 cm³/mol. The number of carboxylic acid groups (broad SMARTS) is 1. The van der Waals surface area contributed by atoms with Gasteiger partial charge in [-0.1, -0.05) is 13.8 Å². The molecular weight excluding hydrogens is 248 g/mol. The molecule has 2 aliphatic rings. The van der Waals surface area contributed by atoms with Gasteiger partial charge in [-0.2, -0.15) is 0 Å². The van der Waals surface area contributed by atoms with Crippen LogP contribution in [0.2, 0.25) is 0 Å². The van der Waals surface area contributed by atoms with Gasteiger partial charge in [-0.05, 0) is 24.7 Å². The first-order chi connectivity index (χ1) is 8.83. The van der Waals surface area contributed by atoms with Crippen molar-refractivity contribution >= 4 is 17.8 Å². The summed E-state index contributed by atoms with van der Waals surface area (Å²) in [5.41, 5.74) is -0.442. The lowest BCUT2D eigenvalue weighted by molar-refractivity contribution is -0.159. The van der Waals surface area contributed by atoms with Gasteiger partial charge in [0.1, 0.15) is 12.1 Å². The number of carbonyl (C=O) groups excluding carboxylic acids is 2. The molecule has 0 aromatic rings. The number of aliphatic carboxylic acids is 1. The van der Waals surface area contributed by atoms with E-state index in [2.05, 4.69) is 5.32 Å². The Hall–Kier alpha value is -1.59. The minimum Gasteiger partial charge on any atom is -0.480 e. The largest absolute Gasteiger partial charge is 0.480 e. The third-order valence-corrected chi connectivity index (χ3v) is 4.08. The van der Waals surface area contributed by atoms with Gasteiger partial charge in [-0.15, -0.1) is 0 Å². The fraction of sp³-hybridized carbons (Fsp3) is 0.769. The van der Waals surface area contributed by atoms with E-state index in [0.29, 0.717) is 19.4 Å². The third-order valence-electron chi connectivity index (χ3n) is 4.08. The number of nitrogens with zero attached hydrogens (tertiary/aromatic N) is 1. The summed E-state index contributed by atoms with van der Waals surface area (Å²) in [6, 6.07) is -1.37. The molecule has 106 valence electrons. The minimum absolute atomic E-state index is 0.138. The number of piperidine rings is 1. The number of rotatable bonds is 2. The molecule has 2 fully saturated rings. The molecule has 0 aromatic carbocycles. The second-order valence-corrected chi connectivity index (χ2v) is 6.02. The van der Waals surface area contributed by atoms with Crippen LogP contribution in [0.3, 0.4) is 0 Å². The lowest BCUT2D eigenvalue weighted by Crippen LogP contribution is -2.59. The lowest BCUT2D eigenvalue weighted by atomic mass is 9.76. The topological polar surface area (TPSA) is 86.7 Å². The number of amides is 2. The molecule has 2 aliphatic heterocycles. The molecule has 2 unspecified atom stereocenters. The molecule has 0 saturated carbocycles. The number of likely N-dealkylation sites (tertiary alicyclic amines) is 1. The van der Waals surface area contributed by atoms with E-state index in [1.54, 1.807) is 0 Å². The highest BCUT2D eigenvalue weighted by Crippen LogP contribution is 2.36. The number of carbonyl (C=O) groups is 3. The second kappa shape index (κ2) is 4.83. The number of hydrogen-bond acceptors (Lipinski definition) is 3. The Kier molecular flexibility index (Phi) is 3.52. The van der Waals surface area contributed by atoms with Gasteiger partial charge in [0.05, 0.1) is 0 Å². The fourth-order valence-corrected chi connectivity index (χ4v) is 3.10. The second-order valence-electron chi connectivity index (χ2n) is 6.02. The van der Waals surface area contributed by atoms with E-state index in [0.717, 1.165) is 12.8 Å². The van der Waals surface area contributed by atoms with E-state index in [4.69, 9.17) is 0 Å². The monoisotopic (exact) mass is 268 g/mol. The van der Waals surface area contributed by atoms with Crippen LogP contribution in [0.25, 0.3) is 0 Å². The van der Waals surface area contributed by atoms with E-state index in [-0.39, 0.29) is 11.8 Å². The van der Waals surface area contributed by atoms with Crippen molar-refractivity contribution in [2.24, 2.45) is 5.41 Å². The minimum atomic E-state index is -0.970. The Bertz CT molecular complexity index is 419. The summed E-state index contributed by atoms with van der Waals surface area (Å²) in [6.45, 7) is 4.20. The molecule has 0 spiro atoms. The Morgan fingerprint density at radius 1 is 1.42 bits per heavy atom. The van der Waals surface area contributed by atoms with E-state index in [9.17, 15) is 19.5 Å². The van der Waals surface area contributed by atoms with Gasteiger partial charge in [-0.25, -0.2) is 4.79 Å². The molecule has 2 rings (SSSR count). The van der Waals surface area contributed by atoms with Gasteiger partial charge in [-0.3, -0.25) is 9.59 Å². The summed E-state index contributed by atoms with van der Waals surface area (Å²) >= 11 is 0.